The summed E-state index contributed by atoms with van der Waals surface area (Å²) < 4.78 is 6.00. The van der Waals surface area contributed by atoms with Crippen LogP contribution in [0.15, 0.2) is 0 Å². The van der Waals surface area contributed by atoms with Crippen LogP contribution in [-0.4, -0.2) is 23.7 Å². The summed E-state index contributed by atoms with van der Waals surface area (Å²) in [6, 6.07) is 0.498. The van der Waals surface area contributed by atoms with Crippen molar-refractivity contribution in [2.24, 2.45) is 0 Å². The molecule has 0 amide bonds. The van der Waals surface area contributed by atoms with Crippen LogP contribution in [0.25, 0.3) is 0 Å². The van der Waals surface area contributed by atoms with Crippen LogP contribution in [0.5, 0.6) is 0 Å². The molecule has 3 aliphatic rings. The molecule has 1 aromatic heterocycles. The van der Waals surface area contributed by atoms with Gasteiger partial charge in [-0.3, -0.25) is 0 Å². The number of fused-ring (bicyclic) bond motifs is 3. The van der Waals surface area contributed by atoms with Gasteiger partial charge in [0.25, 0.3) is 0 Å². The van der Waals surface area contributed by atoms with Crippen LogP contribution in [0.1, 0.15) is 66.6 Å². The second-order valence-electron chi connectivity index (χ2n) is 6.08. The third kappa shape index (κ3) is 2.05. The molecule has 4 unspecified atom stereocenters. The van der Waals surface area contributed by atoms with Crippen molar-refractivity contribution < 1.29 is 4.74 Å². The van der Waals surface area contributed by atoms with E-state index in [2.05, 4.69) is 12.2 Å². The fourth-order valence-electron chi connectivity index (χ4n) is 3.94. The van der Waals surface area contributed by atoms with Gasteiger partial charge in [0.15, 0.2) is 0 Å². The summed E-state index contributed by atoms with van der Waals surface area (Å²) in [5.74, 6) is 0.594. The van der Waals surface area contributed by atoms with Crippen LogP contribution in [0.2, 0.25) is 0 Å². The molecule has 0 aromatic carbocycles. The second-order valence-corrected chi connectivity index (χ2v) is 7.19. The topological polar surface area (TPSA) is 34.1 Å². The van der Waals surface area contributed by atoms with E-state index in [0.717, 1.165) is 6.54 Å². The SMILES string of the molecule is CCNC1CCCc2sc(C3CC4CCC3O4)nc21. The number of thiazole rings is 1. The van der Waals surface area contributed by atoms with Crippen molar-refractivity contribution in [3.63, 3.8) is 0 Å². The van der Waals surface area contributed by atoms with Crippen molar-refractivity contribution in [2.45, 2.75) is 69.6 Å². The molecule has 2 saturated heterocycles. The highest BCUT2D eigenvalue weighted by molar-refractivity contribution is 7.11. The van der Waals surface area contributed by atoms with E-state index in [1.165, 1.54) is 54.1 Å². The highest BCUT2D eigenvalue weighted by atomic mass is 32.1. The molecule has 104 valence electrons. The molecule has 3 nitrogen and oxygen atoms in total. The van der Waals surface area contributed by atoms with E-state index in [4.69, 9.17) is 9.72 Å². The molecule has 2 fully saturated rings. The number of hydrogen-bond acceptors (Lipinski definition) is 4. The van der Waals surface area contributed by atoms with Gasteiger partial charge < -0.3 is 10.1 Å². The molecule has 4 heteroatoms. The average Bonchev–Trinajstić information content (AvgIpc) is 3.13. The van der Waals surface area contributed by atoms with Crippen LogP contribution in [-0.2, 0) is 11.2 Å². The number of aryl methyl sites for hydroxylation is 1. The Morgan fingerprint density at radius 2 is 2.32 bits per heavy atom. The standard InChI is InChI=1S/C15H22N2OS/c1-2-16-11-4-3-5-13-14(11)17-15(19-13)10-8-9-6-7-12(10)18-9/h9-12,16H,2-8H2,1H3. The Hall–Kier alpha value is -0.450. The van der Waals surface area contributed by atoms with E-state index < -0.39 is 0 Å². The molecule has 0 spiro atoms. The van der Waals surface area contributed by atoms with Gasteiger partial charge in [-0.25, -0.2) is 4.98 Å². The van der Waals surface area contributed by atoms with E-state index >= 15 is 0 Å². The highest BCUT2D eigenvalue weighted by Crippen LogP contribution is 2.47. The molecule has 0 radical (unpaired) electrons. The van der Waals surface area contributed by atoms with Gasteiger partial charge in [0.2, 0.25) is 0 Å². The van der Waals surface area contributed by atoms with Gasteiger partial charge in [-0.05, 0) is 45.1 Å². The van der Waals surface area contributed by atoms with Crippen molar-refractivity contribution in [1.29, 1.82) is 0 Å². The normalized spacial score (nSPS) is 36.7. The van der Waals surface area contributed by atoms with Crippen LogP contribution in [0.4, 0.5) is 0 Å². The van der Waals surface area contributed by atoms with Crippen LogP contribution in [0.3, 0.4) is 0 Å². The summed E-state index contributed by atoms with van der Waals surface area (Å²) >= 11 is 1.97. The van der Waals surface area contributed by atoms with Crippen molar-refractivity contribution in [1.82, 2.24) is 10.3 Å². The third-order valence-corrected chi connectivity index (χ3v) is 6.11. The van der Waals surface area contributed by atoms with E-state index in [0.29, 0.717) is 24.2 Å². The minimum absolute atomic E-state index is 0.468. The smallest absolute Gasteiger partial charge is 0.0989 e. The first kappa shape index (κ1) is 12.3. The third-order valence-electron chi connectivity index (χ3n) is 4.84. The lowest BCUT2D eigenvalue weighted by Gasteiger charge is -2.21. The number of aromatic nitrogens is 1. The number of hydrogen-bond donors (Lipinski definition) is 1. The number of nitrogens with zero attached hydrogens (tertiary/aromatic N) is 1. The number of rotatable bonds is 3. The number of nitrogens with one attached hydrogen (secondary N) is 1. The molecule has 1 aliphatic carbocycles. The van der Waals surface area contributed by atoms with Gasteiger partial charge in [-0.2, -0.15) is 0 Å². The zero-order valence-electron chi connectivity index (χ0n) is 11.5. The van der Waals surface area contributed by atoms with Gasteiger partial charge in [0.1, 0.15) is 0 Å². The first-order valence-corrected chi connectivity index (χ1v) is 8.55. The minimum Gasteiger partial charge on any atom is -0.374 e. The van der Waals surface area contributed by atoms with Gasteiger partial charge >= 0.3 is 0 Å². The first-order valence-electron chi connectivity index (χ1n) is 7.73. The first-order chi connectivity index (χ1) is 9.35. The molecular weight excluding hydrogens is 256 g/mol. The van der Waals surface area contributed by atoms with Crippen LogP contribution in [0, 0.1) is 0 Å². The average molecular weight is 278 g/mol. The van der Waals surface area contributed by atoms with Gasteiger partial charge in [0, 0.05) is 10.8 Å². The summed E-state index contributed by atoms with van der Waals surface area (Å²) in [7, 11) is 0. The van der Waals surface area contributed by atoms with E-state index in [9.17, 15) is 0 Å². The summed E-state index contributed by atoms with van der Waals surface area (Å²) in [5.41, 5.74) is 1.36. The summed E-state index contributed by atoms with van der Waals surface area (Å²) in [6.45, 7) is 3.22. The highest BCUT2D eigenvalue weighted by Gasteiger charge is 2.43. The van der Waals surface area contributed by atoms with Gasteiger partial charge in [-0.1, -0.05) is 6.92 Å². The van der Waals surface area contributed by atoms with Gasteiger partial charge in [-0.15, -0.1) is 11.3 Å². The van der Waals surface area contributed by atoms with E-state index in [-0.39, 0.29) is 0 Å². The molecule has 19 heavy (non-hydrogen) atoms. The molecule has 4 atom stereocenters. The Bertz CT molecular complexity index is 473. The molecule has 1 N–H and O–H groups in total. The lowest BCUT2D eigenvalue weighted by atomic mass is 9.89. The molecular formula is C15H22N2OS. The summed E-state index contributed by atoms with van der Waals surface area (Å²) in [4.78, 5) is 6.56. The van der Waals surface area contributed by atoms with Gasteiger partial charge in [0.05, 0.1) is 29.0 Å². The summed E-state index contributed by atoms with van der Waals surface area (Å²) in [6.07, 6.45) is 8.51. The molecule has 3 heterocycles. The minimum atomic E-state index is 0.468. The number of ether oxygens (including phenoxy) is 1. The zero-order chi connectivity index (χ0) is 12.8. The monoisotopic (exact) mass is 278 g/mol. The maximum atomic E-state index is 6.00. The van der Waals surface area contributed by atoms with Crippen molar-refractivity contribution >= 4 is 11.3 Å². The van der Waals surface area contributed by atoms with Crippen LogP contribution >= 0.6 is 11.3 Å². The fourth-order valence-corrected chi connectivity index (χ4v) is 5.27. The van der Waals surface area contributed by atoms with Crippen LogP contribution < -0.4 is 5.32 Å². The molecule has 1 aromatic rings. The maximum absolute atomic E-state index is 6.00. The summed E-state index contributed by atoms with van der Waals surface area (Å²) in [5, 5.41) is 4.95. The fraction of sp³-hybridized carbons (Fsp3) is 0.800. The second kappa shape index (κ2) is 4.83. The largest absolute Gasteiger partial charge is 0.374 e. The Morgan fingerprint density at radius 1 is 1.37 bits per heavy atom. The van der Waals surface area contributed by atoms with E-state index in [1.54, 1.807) is 0 Å². The molecule has 2 aliphatic heterocycles. The Morgan fingerprint density at radius 3 is 3.05 bits per heavy atom. The van der Waals surface area contributed by atoms with Crippen molar-refractivity contribution in [2.75, 3.05) is 6.54 Å². The zero-order valence-corrected chi connectivity index (χ0v) is 12.3. The van der Waals surface area contributed by atoms with Crippen molar-refractivity contribution in [3.8, 4) is 0 Å². The quantitative estimate of drug-likeness (QED) is 0.922. The predicted molar refractivity (Wildman–Crippen MR) is 76.7 cm³/mol. The predicted octanol–water partition coefficient (Wildman–Crippen LogP) is 3.16. The van der Waals surface area contributed by atoms with Crippen molar-refractivity contribution in [3.05, 3.63) is 15.6 Å². The Balaban J connectivity index is 1.61. The Kier molecular flexibility index (Phi) is 3.13. The Labute approximate surface area is 118 Å². The molecule has 2 bridgehead atoms. The molecule has 0 saturated carbocycles. The molecule has 4 rings (SSSR count). The van der Waals surface area contributed by atoms with E-state index in [1.807, 2.05) is 11.3 Å². The maximum Gasteiger partial charge on any atom is 0.0989 e. The lowest BCUT2D eigenvalue weighted by molar-refractivity contribution is 0.100. The lowest BCUT2D eigenvalue weighted by Crippen LogP contribution is -2.24.